The van der Waals surface area contributed by atoms with Crippen LogP contribution in [0.1, 0.15) is 32.3 Å². The zero-order valence-corrected chi connectivity index (χ0v) is 13.1. The Morgan fingerprint density at radius 1 is 1.33 bits per heavy atom. The standard InChI is InChI=1S/C13H20N2O5S/c1-4-13(5-2,9-16)14-21(19,20)12-10(3)7-6-8-11(12)15(17)18/h6-8,14,16H,4-5,9H2,1-3H3. The van der Waals surface area contributed by atoms with Crippen molar-refractivity contribution in [1.82, 2.24) is 4.72 Å². The third kappa shape index (κ3) is 3.58. The average Bonchev–Trinajstić information content (AvgIpc) is 2.44. The molecular formula is C13H20N2O5S. The summed E-state index contributed by atoms with van der Waals surface area (Å²) in [5, 5.41) is 20.5. The number of rotatable bonds is 7. The fraction of sp³-hybridized carbons (Fsp3) is 0.538. The van der Waals surface area contributed by atoms with E-state index in [0.717, 1.165) is 6.07 Å². The lowest BCUT2D eigenvalue weighted by Gasteiger charge is -2.30. The summed E-state index contributed by atoms with van der Waals surface area (Å²) in [5.74, 6) is 0. The summed E-state index contributed by atoms with van der Waals surface area (Å²) in [6, 6.07) is 4.09. The first-order valence-electron chi connectivity index (χ1n) is 6.62. The largest absolute Gasteiger partial charge is 0.394 e. The number of nitrogens with zero attached hydrogens (tertiary/aromatic N) is 1. The van der Waals surface area contributed by atoms with Gasteiger partial charge in [0.25, 0.3) is 5.69 Å². The molecule has 0 heterocycles. The van der Waals surface area contributed by atoms with E-state index in [1.54, 1.807) is 13.8 Å². The number of aliphatic hydroxyl groups excluding tert-OH is 1. The molecule has 0 bridgehead atoms. The van der Waals surface area contributed by atoms with Crippen molar-refractivity contribution in [2.75, 3.05) is 6.61 Å². The summed E-state index contributed by atoms with van der Waals surface area (Å²) < 4.78 is 27.5. The van der Waals surface area contributed by atoms with E-state index in [-0.39, 0.29) is 17.1 Å². The third-order valence-electron chi connectivity index (χ3n) is 3.66. The monoisotopic (exact) mass is 316 g/mol. The molecule has 21 heavy (non-hydrogen) atoms. The minimum absolute atomic E-state index is 0.288. The van der Waals surface area contributed by atoms with Crippen molar-refractivity contribution >= 4 is 15.7 Å². The predicted octanol–water partition coefficient (Wildman–Crippen LogP) is 1.73. The molecule has 0 aliphatic heterocycles. The van der Waals surface area contributed by atoms with Gasteiger partial charge in [0.2, 0.25) is 10.0 Å². The molecule has 2 N–H and O–H groups in total. The van der Waals surface area contributed by atoms with Gasteiger partial charge in [-0.2, -0.15) is 0 Å². The molecule has 0 saturated carbocycles. The summed E-state index contributed by atoms with van der Waals surface area (Å²) in [4.78, 5) is 9.98. The first-order valence-corrected chi connectivity index (χ1v) is 8.10. The number of nitrogens with one attached hydrogen (secondary N) is 1. The molecule has 0 radical (unpaired) electrons. The van der Waals surface area contributed by atoms with Crippen LogP contribution in [0, 0.1) is 17.0 Å². The van der Waals surface area contributed by atoms with Gasteiger partial charge in [0.05, 0.1) is 17.1 Å². The molecule has 7 nitrogen and oxygen atoms in total. The molecule has 0 saturated heterocycles. The Labute approximate surface area is 124 Å². The van der Waals surface area contributed by atoms with E-state index in [4.69, 9.17) is 0 Å². The van der Waals surface area contributed by atoms with E-state index in [2.05, 4.69) is 4.72 Å². The Kier molecular flexibility index (Phi) is 5.43. The zero-order valence-electron chi connectivity index (χ0n) is 12.3. The highest BCUT2D eigenvalue weighted by atomic mass is 32.2. The Bertz CT molecular complexity index is 615. The van der Waals surface area contributed by atoms with Crippen molar-refractivity contribution in [3.05, 3.63) is 33.9 Å². The Hall–Kier alpha value is -1.51. The second kappa shape index (κ2) is 6.50. The molecule has 1 rings (SSSR count). The van der Waals surface area contributed by atoms with Gasteiger partial charge in [-0.1, -0.05) is 26.0 Å². The van der Waals surface area contributed by atoms with Crippen molar-refractivity contribution in [2.45, 2.75) is 44.0 Å². The Morgan fingerprint density at radius 3 is 2.33 bits per heavy atom. The first-order chi connectivity index (χ1) is 9.73. The van der Waals surface area contributed by atoms with Gasteiger partial charge in [-0.3, -0.25) is 10.1 Å². The molecule has 0 aliphatic rings. The van der Waals surface area contributed by atoms with E-state index in [1.165, 1.54) is 19.1 Å². The van der Waals surface area contributed by atoms with Gasteiger partial charge < -0.3 is 5.11 Å². The Morgan fingerprint density at radius 2 is 1.90 bits per heavy atom. The summed E-state index contributed by atoms with van der Waals surface area (Å²) in [6.07, 6.45) is 0.748. The van der Waals surface area contributed by atoms with Crippen LogP contribution >= 0.6 is 0 Å². The number of hydrogen-bond donors (Lipinski definition) is 2. The van der Waals surface area contributed by atoms with E-state index >= 15 is 0 Å². The van der Waals surface area contributed by atoms with Gasteiger partial charge in [0.1, 0.15) is 0 Å². The molecule has 1 aromatic carbocycles. The molecule has 0 atom stereocenters. The quantitative estimate of drug-likeness (QED) is 0.588. The van der Waals surface area contributed by atoms with Crippen molar-refractivity contribution in [3.63, 3.8) is 0 Å². The SMILES string of the molecule is CCC(CC)(CO)NS(=O)(=O)c1c(C)cccc1[N+](=O)[O-]. The van der Waals surface area contributed by atoms with E-state index in [1.807, 2.05) is 0 Å². The molecule has 0 aliphatic carbocycles. The van der Waals surface area contributed by atoms with Gasteiger partial charge in [-0.15, -0.1) is 0 Å². The number of aliphatic hydroxyl groups is 1. The molecule has 0 aromatic heterocycles. The van der Waals surface area contributed by atoms with Crippen LogP contribution < -0.4 is 4.72 Å². The molecule has 0 fully saturated rings. The lowest BCUT2D eigenvalue weighted by atomic mass is 9.96. The lowest BCUT2D eigenvalue weighted by molar-refractivity contribution is -0.387. The van der Waals surface area contributed by atoms with E-state index in [0.29, 0.717) is 12.8 Å². The number of nitro benzene ring substituents is 1. The topological polar surface area (TPSA) is 110 Å². The molecule has 0 spiro atoms. The van der Waals surface area contributed by atoms with Gasteiger partial charge in [-0.05, 0) is 25.3 Å². The van der Waals surface area contributed by atoms with Gasteiger partial charge >= 0.3 is 0 Å². The second-order valence-corrected chi connectivity index (χ2v) is 6.55. The number of benzene rings is 1. The lowest BCUT2D eigenvalue weighted by Crippen LogP contribution is -2.50. The highest BCUT2D eigenvalue weighted by Gasteiger charge is 2.35. The average molecular weight is 316 g/mol. The van der Waals surface area contributed by atoms with Gasteiger partial charge in [0.15, 0.2) is 4.90 Å². The fourth-order valence-corrected chi connectivity index (χ4v) is 4.05. The zero-order chi connectivity index (χ0) is 16.3. The van der Waals surface area contributed by atoms with Gasteiger partial charge in [0, 0.05) is 6.07 Å². The van der Waals surface area contributed by atoms with Crippen LogP contribution in [0.3, 0.4) is 0 Å². The normalized spacial score (nSPS) is 12.4. The summed E-state index contributed by atoms with van der Waals surface area (Å²) in [5.41, 5.74) is -1.20. The van der Waals surface area contributed by atoms with Crippen LogP contribution in [0.25, 0.3) is 0 Å². The second-order valence-electron chi connectivity index (χ2n) is 4.93. The molecule has 8 heteroatoms. The maximum atomic E-state index is 12.5. The summed E-state index contributed by atoms with van der Waals surface area (Å²) in [6.45, 7) is 4.61. The van der Waals surface area contributed by atoms with Crippen molar-refractivity contribution < 1.29 is 18.4 Å². The van der Waals surface area contributed by atoms with Crippen LogP contribution in [0.4, 0.5) is 5.69 Å². The van der Waals surface area contributed by atoms with E-state index in [9.17, 15) is 23.6 Å². The third-order valence-corrected chi connectivity index (χ3v) is 5.43. The highest BCUT2D eigenvalue weighted by molar-refractivity contribution is 7.89. The predicted molar refractivity (Wildman–Crippen MR) is 78.6 cm³/mol. The maximum Gasteiger partial charge on any atom is 0.289 e. The van der Waals surface area contributed by atoms with E-state index < -0.39 is 26.2 Å². The minimum Gasteiger partial charge on any atom is -0.394 e. The van der Waals surface area contributed by atoms with Crippen LogP contribution in [0.5, 0.6) is 0 Å². The molecule has 0 unspecified atom stereocenters. The molecule has 118 valence electrons. The van der Waals surface area contributed by atoms with Crippen LogP contribution in [0.2, 0.25) is 0 Å². The van der Waals surface area contributed by atoms with Gasteiger partial charge in [-0.25, -0.2) is 13.1 Å². The molecule has 0 amide bonds. The minimum atomic E-state index is -4.11. The van der Waals surface area contributed by atoms with Crippen molar-refractivity contribution in [3.8, 4) is 0 Å². The maximum absolute atomic E-state index is 12.5. The number of aryl methyl sites for hydroxylation is 1. The highest BCUT2D eigenvalue weighted by Crippen LogP contribution is 2.29. The number of hydrogen-bond acceptors (Lipinski definition) is 5. The smallest absolute Gasteiger partial charge is 0.289 e. The van der Waals surface area contributed by atoms with Crippen molar-refractivity contribution in [1.29, 1.82) is 0 Å². The van der Waals surface area contributed by atoms with Crippen LogP contribution in [-0.2, 0) is 10.0 Å². The van der Waals surface area contributed by atoms with Crippen LogP contribution in [0.15, 0.2) is 23.1 Å². The molecular weight excluding hydrogens is 296 g/mol. The summed E-state index contributed by atoms with van der Waals surface area (Å²) in [7, 11) is -4.11. The number of nitro groups is 1. The first kappa shape index (κ1) is 17.5. The Balaban J connectivity index is 3.42. The fourth-order valence-electron chi connectivity index (χ4n) is 2.12. The summed E-state index contributed by atoms with van der Waals surface area (Å²) >= 11 is 0. The van der Waals surface area contributed by atoms with Crippen molar-refractivity contribution in [2.24, 2.45) is 0 Å². The number of sulfonamides is 1. The van der Waals surface area contributed by atoms with Crippen LogP contribution in [-0.4, -0.2) is 30.6 Å². The molecule has 1 aromatic rings.